The summed E-state index contributed by atoms with van der Waals surface area (Å²) in [4.78, 5) is 12.1. The van der Waals surface area contributed by atoms with E-state index in [0.717, 1.165) is 4.88 Å². The quantitative estimate of drug-likeness (QED) is 0.883. The Kier molecular flexibility index (Phi) is 4.52. The molecule has 100 valence electrons. The summed E-state index contributed by atoms with van der Waals surface area (Å²) in [5.41, 5.74) is 0. The molecule has 1 atom stereocenters. The van der Waals surface area contributed by atoms with Gasteiger partial charge in [0.2, 0.25) is 0 Å². The van der Waals surface area contributed by atoms with Crippen molar-refractivity contribution >= 4 is 17.3 Å². The second-order valence-corrected chi connectivity index (χ2v) is 5.09. The molecule has 0 aliphatic rings. The van der Waals surface area contributed by atoms with Gasteiger partial charge >= 0.3 is 5.97 Å². The van der Waals surface area contributed by atoms with Crippen molar-refractivity contribution in [1.82, 2.24) is 0 Å². The Morgan fingerprint density at radius 3 is 2.74 bits per heavy atom. The Hall–Kier alpha value is -1.88. The van der Waals surface area contributed by atoms with Gasteiger partial charge in [-0.15, -0.1) is 11.3 Å². The lowest BCUT2D eigenvalue weighted by molar-refractivity contribution is -0.142. The molecule has 0 fully saturated rings. The zero-order valence-corrected chi connectivity index (χ0v) is 10.9. The van der Waals surface area contributed by atoms with Crippen LogP contribution in [0, 0.1) is 11.7 Å². The summed E-state index contributed by atoms with van der Waals surface area (Å²) >= 11 is 1.50. The first-order chi connectivity index (χ1) is 9.16. The highest BCUT2D eigenvalue weighted by Gasteiger charge is 2.20. The highest BCUT2D eigenvalue weighted by Crippen LogP contribution is 2.19. The molecule has 5 heteroatoms. The van der Waals surface area contributed by atoms with E-state index in [1.54, 1.807) is 12.1 Å². The number of rotatable bonds is 6. The van der Waals surface area contributed by atoms with Crippen LogP contribution >= 0.6 is 11.3 Å². The van der Waals surface area contributed by atoms with Crippen LogP contribution in [0.1, 0.15) is 4.88 Å². The number of aliphatic carboxylic acids is 1. The van der Waals surface area contributed by atoms with Crippen LogP contribution in [-0.4, -0.2) is 17.7 Å². The number of ether oxygens (including phenoxy) is 1. The molecular formula is C14H13FO3S. The maximum atomic E-state index is 13.3. The van der Waals surface area contributed by atoms with Gasteiger partial charge in [-0.1, -0.05) is 18.2 Å². The van der Waals surface area contributed by atoms with Crippen molar-refractivity contribution in [2.75, 3.05) is 6.61 Å². The van der Waals surface area contributed by atoms with Gasteiger partial charge in [0.05, 0.1) is 5.92 Å². The summed E-state index contributed by atoms with van der Waals surface area (Å²) in [5, 5.41) is 11.0. The Bertz CT molecular complexity index is 539. The van der Waals surface area contributed by atoms with Crippen molar-refractivity contribution in [1.29, 1.82) is 0 Å². The third-order valence-electron chi connectivity index (χ3n) is 2.65. The van der Waals surface area contributed by atoms with Crippen molar-refractivity contribution < 1.29 is 19.0 Å². The third kappa shape index (κ3) is 3.79. The van der Waals surface area contributed by atoms with E-state index >= 15 is 0 Å². The molecule has 2 aromatic rings. The first-order valence-corrected chi connectivity index (χ1v) is 6.67. The summed E-state index contributed by atoms with van der Waals surface area (Å²) in [6.07, 6.45) is 0.390. The number of hydrogen-bond acceptors (Lipinski definition) is 3. The molecule has 0 saturated carbocycles. The van der Waals surface area contributed by atoms with Gasteiger partial charge in [0.1, 0.15) is 6.61 Å². The molecule has 1 aromatic heterocycles. The number of thiophene rings is 1. The fraction of sp³-hybridized carbons (Fsp3) is 0.214. The molecular weight excluding hydrogens is 267 g/mol. The van der Waals surface area contributed by atoms with Crippen LogP contribution < -0.4 is 4.74 Å². The molecule has 2 rings (SSSR count). The number of hydrogen-bond donors (Lipinski definition) is 1. The van der Waals surface area contributed by atoms with E-state index in [4.69, 9.17) is 9.84 Å². The van der Waals surface area contributed by atoms with Gasteiger partial charge in [-0.2, -0.15) is 0 Å². The minimum atomic E-state index is -0.940. The van der Waals surface area contributed by atoms with Crippen molar-refractivity contribution in [2.24, 2.45) is 5.92 Å². The summed E-state index contributed by atoms with van der Waals surface area (Å²) in [7, 11) is 0. The maximum absolute atomic E-state index is 13.3. The van der Waals surface area contributed by atoms with Crippen molar-refractivity contribution in [3.05, 3.63) is 52.5 Å². The van der Waals surface area contributed by atoms with Gasteiger partial charge < -0.3 is 9.84 Å². The molecule has 1 N–H and O–H groups in total. The first kappa shape index (κ1) is 13.5. The van der Waals surface area contributed by atoms with Gasteiger partial charge in [0, 0.05) is 4.88 Å². The van der Waals surface area contributed by atoms with Crippen LogP contribution in [-0.2, 0) is 11.2 Å². The standard InChI is InChI=1S/C14H13FO3S/c15-12-5-1-2-6-13(12)18-9-10(14(16)17)8-11-4-3-7-19-11/h1-7,10H,8-9H2,(H,16,17). The molecule has 19 heavy (non-hydrogen) atoms. The minimum Gasteiger partial charge on any atom is -0.490 e. The van der Waals surface area contributed by atoms with Crippen LogP contribution in [0.25, 0.3) is 0 Å². The molecule has 1 unspecified atom stereocenters. The monoisotopic (exact) mass is 280 g/mol. The Morgan fingerprint density at radius 2 is 2.11 bits per heavy atom. The van der Waals surface area contributed by atoms with Gasteiger partial charge in [0.15, 0.2) is 11.6 Å². The van der Waals surface area contributed by atoms with Crippen molar-refractivity contribution in [3.63, 3.8) is 0 Å². The molecule has 0 radical (unpaired) electrons. The van der Waals surface area contributed by atoms with Gasteiger partial charge in [-0.25, -0.2) is 4.39 Å². The molecule has 0 saturated heterocycles. The number of carboxylic acids is 1. The summed E-state index contributed by atoms with van der Waals surface area (Å²) in [6.45, 7) is -0.0475. The lowest BCUT2D eigenvalue weighted by atomic mass is 10.1. The van der Waals surface area contributed by atoms with Crippen molar-refractivity contribution in [2.45, 2.75) is 6.42 Å². The van der Waals surface area contributed by atoms with Gasteiger partial charge in [-0.05, 0) is 30.0 Å². The minimum absolute atomic E-state index is 0.0475. The highest BCUT2D eigenvalue weighted by atomic mass is 32.1. The Morgan fingerprint density at radius 1 is 1.32 bits per heavy atom. The predicted octanol–water partition coefficient (Wildman–Crippen LogP) is 3.21. The second-order valence-electron chi connectivity index (χ2n) is 4.06. The summed E-state index contributed by atoms with van der Waals surface area (Å²) in [6, 6.07) is 9.72. The average Bonchev–Trinajstić information content (AvgIpc) is 2.88. The van der Waals surface area contributed by atoms with E-state index in [-0.39, 0.29) is 12.4 Å². The zero-order valence-electron chi connectivity index (χ0n) is 10.1. The molecule has 0 aliphatic heterocycles. The molecule has 3 nitrogen and oxygen atoms in total. The lowest BCUT2D eigenvalue weighted by Gasteiger charge is -2.13. The van der Waals surface area contributed by atoms with Crippen LogP contribution in [0.4, 0.5) is 4.39 Å². The number of carbonyl (C=O) groups is 1. The van der Waals surface area contributed by atoms with E-state index in [9.17, 15) is 9.18 Å². The zero-order chi connectivity index (χ0) is 13.7. The first-order valence-electron chi connectivity index (χ1n) is 5.79. The SMILES string of the molecule is O=C(O)C(COc1ccccc1F)Cc1cccs1. The van der Waals surface area contributed by atoms with E-state index in [1.165, 1.54) is 23.5 Å². The smallest absolute Gasteiger partial charge is 0.310 e. The molecule has 0 spiro atoms. The number of para-hydroxylation sites is 1. The fourth-order valence-electron chi connectivity index (χ4n) is 1.64. The van der Waals surface area contributed by atoms with Gasteiger partial charge in [-0.3, -0.25) is 4.79 Å². The van der Waals surface area contributed by atoms with Crippen LogP contribution in [0.3, 0.4) is 0 Å². The molecule has 1 aromatic carbocycles. The van der Waals surface area contributed by atoms with Crippen LogP contribution in [0.5, 0.6) is 5.75 Å². The second kappa shape index (κ2) is 6.33. The highest BCUT2D eigenvalue weighted by molar-refractivity contribution is 7.09. The van der Waals surface area contributed by atoms with E-state index in [2.05, 4.69) is 0 Å². The topological polar surface area (TPSA) is 46.5 Å². The Labute approximate surface area is 114 Å². The fourth-order valence-corrected chi connectivity index (χ4v) is 2.43. The van der Waals surface area contributed by atoms with E-state index in [0.29, 0.717) is 6.42 Å². The molecule has 1 heterocycles. The molecule has 0 amide bonds. The Balaban J connectivity index is 1.98. The summed E-state index contributed by atoms with van der Waals surface area (Å²) < 4.78 is 18.6. The summed E-state index contributed by atoms with van der Waals surface area (Å²) in [5.74, 6) is -2.02. The number of benzene rings is 1. The molecule has 0 bridgehead atoms. The number of carboxylic acid groups (broad SMARTS) is 1. The third-order valence-corrected chi connectivity index (χ3v) is 3.55. The normalized spacial score (nSPS) is 12.1. The van der Waals surface area contributed by atoms with E-state index in [1.807, 2.05) is 17.5 Å². The van der Waals surface area contributed by atoms with E-state index < -0.39 is 17.7 Å². The largest absolute Gasteiger partial charge is 0.490 e. The van der Waals surface area contributed by atoms with Crippen LogP contribution in [0.2, 0.25) is 0 Å². The predicted molar refractivity (Wildman–Crippen MR) is 71.0 cm³/mol. The van der Waals surface area contributed by atoms with Crippen LogP contribution in [0.15, 0.2) is 41.8 Å². The lowest BCUT2D eigenvalue weighted by Crippen LogP contribution is -2.23. The average molecular weight is 280 g/mol. The van der Waals surface area contributed by atoms with Crippen molar-refractivity contribution in [3.8, 4) is 5.75 Å². The van der Waals surface area contributed by atoms with Gasteiger partial charge in [0.25, 0.3) is 0 Å². The number of halogens is 1. The maximum Gasteiger partial charge on any atom is 0.310 e. The molecule has 0 aliphatic carbocycles.